The van der Waals surface area contributed by atoms with Gasteiger partial charge in [0.15, 0.2) is 0 Å². The fourth-order valence-electron chi connectivity index (χ4n) is 4.24. The van der Waals surface area contributed by atoms with Gasteiger partial charge in [0.25, 0.3) is 0 Å². The van der Waals surface area contributed by atoms with Crippen molar-refractivity contribution in [2.45, 2.75) is 31.2 Å². The zero-order valence-electron chi connectivity index (χ0n) is 17.1. The molecule has 2 N–H and O–H groups in total. The Morgan fingerprint density at radius 3 is 2.50 bits per heavy atom. The molecule has 0 spiro atoms. The van der Waals surface area contributed by atoms with Gasteiger partial charge in [-0.3, -0.25) is 14.8 Å². The van der Waals surface area contributed by atoms with E-state index in [1.54, 1.807) is 7.11 Å². The lowest BCUT2D eigenvalue weighted by Crippen LogP contribution is -2.39. The number of likely N-dealkylation sites (tertiary alicyclic amines) is 1. The molecule has 0 saturated carbocycles. The topological polar surface area (TPSA) is 78.5 Å². The lowest BCUT2D eigenvalue weighted by Gasteiger charge is -2.35. The molecule has 4 rings (SSSR count). The summed E-state index contributed by atoms with van der Waals surface area (Å²) in [6.45, 7) is 1.46. The smallest absolute Gasteiger partial charge is 0.325 e. The lowest BCUT2D eigenvalue weighted by molar-refractivity contribution is -0.144. The van der Waals surface area contributed by atoms with Crippen LogP contribution in [0.4, 0.5) is 0 Å². The normalized spacial score (nSPS) is 16.3. The van der Waals surface area contributed by atoms with Crippen LogP contribution in [0.1, 0.15) is 47.3 Å². The molecule has 6 heteroatoms. The molecule has 156 valence electrons. The predicted molar refractivity (Wildman–Crippen MR) is 115 cm³/mol. The molecule has 1 fully saturated rings. The van der Waals surface area contributed by atoms with Crippen molar-refractivity contribution in [3.63, 3.8) is 0 Å². The zero-order chi connectivity index (χ0) is 20.9. The van der Waals surface area contributed by atoms with E-state index >= 15 is 0 Å². The molecule has 0 radical (unpaired) electrons. The van der Waals surface area contributed by atoms with Crippen LogP contribution in [0.25, 0.3) is 0 Å². The van der Waals surface area contributed by atoms with Gasteiger partial charge in [0.05, 0.1) is 12.8 Å². The highest BCUT2D eigenvalue weighted by molar-refractivity contribution is 5.75. The van der Waals surface area contributed by atoms with Gasteiger partial charge < -0.3 is 9.84 Å². The number of carbonyl (C=O) groups is 1. The predicted octanol–water partition coefficient (Wildman–Crippen LogP) is 4.01. The van der Waals surface area contributed by atoms with Crippen molar-refractivity contribution in [3.05, 3.63) is 83.2 Å². The average Bonchev–Trinajstić information content (AvgIpc) is 3.24. The summed E-state index contributed by atoms with van der Waals surface area (Å²) >= 11 is 0. The third-order valence-corrected chi connectivity index (χ3v) is 5.87. The minimum Gasteiger partial charge on any atom is -0.497 e. The third kappa shape index (κ3) is 4.54. The second kappa shape index (κ2) is 9.13. The maximum absolute atomic E-state index is 12.0. The van der Waals surface area contributed by atoms with Gasteiger partial charge in [-0.2, -0.15) is 5.10 Å². The molecule has 1 aliphatic rings. The average molecular weight is 405 g/mol. The summed E-state index contributed by atoms with van der Waals surface area (Å²) in [7, 11) is 1.61. The third-order valence-electron chi connectivity index (χ3n) is 5.87. The van der Waals surface area contributed by atoms with E-state index in [1.165, 1.54) is 5.56 Å². The summed E-state index contributed by atoms with van der Waals surface area (Å²) in [5.41, 5.74) is 4.23. The number of hydrogen-bond donors (Lipinski definition) is 2. The molecular weight excluding hydrogens is 378 g/mol. The number of aliphatic carboxylic acids is 1. The number of aromatic amines is 1. The van der Waals surface area contributed by atoms with Crippen LogP contribution in [0.2, 0.25) is 0 Å². The number of H-pyrrole nitrogens is 1. The Kier molecular flexibility index (Phi) is 6.14. The summed E-state index contributed by atoms with van der Waals surface area (Å²) in [4.78, 5) is 14.0. The number of carboxylic acid groups (broad SMARTS) is 1. The monoisotopic (exact) mass is 405 g/mol. The summed E-state index contributed by atoms with van der Waals surface area (Å²) in [6, 6.07) is 19.2. The van der Waals surface area contributed by atoms with Gasteiger partial charge >= 0.3 is 5.97 Å². The van der Waals surface area contributed by atoms with Crippen LogP contribution in [0.15, 0.2) is 60.7 Å². The van der Waals surface area contributed by atoms with E-state index in [4.69, 9.17) is 4.74 Å². The highest BCUT2D eigenvalue weighted by atomic mass is 16.5. The van der Waals surface area contributed by atoms with Crippen LogP contribution in [-0.2, 0) is 11.2 Å². The van der Waals surface area contributed by atoms with E-state index in [2.05, 4.69) is 33.3 Å². The first kappa shape index (κ1) is 20.2. The van der Waals surface area contributed by atoms with Crippen LogP contribution in [0.5, 0.6) is 5.75 Å². The van der Waals surface area contributed by atoms with Crippen LogP contribution in [0, 0.1) is 0 Å². The van der Waals surface area contributed by atoms with E-state index in [0.29, 0.717) is 5.92 Å². The molecule has 1 aromatic heterocycles. The molecular formula is C24H27N3O3. The Morgan fingerprint density at radius 2 is 1.87 bits per heavy atom. The lowest BCUT2D eigenvalue weighted by atomic mass is 9.91. The molecule has 1 unspecified atom stereocenters. The van der Waals surface area contributed by atoms with Crippen LogP contribution < -0.4 is 4.74 Å². The quantitative estimate of drug-likeness (QED) is 0.621. The zero-order valence-corrected chi connectivity index (χ0v) is 17.1. The van der Waals surface area contributed by atoms with Gasteiger partial charge in [-0.15, -0.1) is 0 Å². The molecule has 0 aliphatic carbocycles. The summed E-state index contributed by atoms with van der Waals surface area (Å²) in [5, 5.41) is 17.6. The van der Waals surface area contributed by atoms with Crippen molar-refractivity contribution in [2.24, 2.45) is 0 Å². The van der Waals surface area contributed by atoms with E-state index in [1.807, 2.05) is 42.5 Å². The highest BCUT2D eigenvalue weighted by Crippen LogP contribution is 2.32. The van der Waals surface area contributed by atoms with Crippen LogP contribution in [-0.4, -0.2) is 46.4 Å². The van der Waals surface area contributed by atoms with Gasteiger partial charge in [-0.25, -0.2) is 0 Å². The van der Waals surface area contributed by atoms with Crippen LogP contribution >= 0.6 is 0 Å². The Bertz CT molecular complexity index is 961. The van der Waals surface area contributed by atoms with Gasteiger partial charge in [-0.1, -0.05) is 42.5 Å². The molecule has 6 nitrogen and oxygen atoms in total. The number of hydrogen-bond acceptors (Lipinski definition) is 4. The first-order valence-electron chi connectivity index (χ1n) is 10.3. The first-order chi connectivity index (χ1) is 14.6. The van der Waals surface area contributed by atoms with E-state index in [-0.39, 0.29) is 0 Å². The maximum atomic E-state index is 12.0. The molecule has 30 heavy (non-hydrogen) atoms. The largest absolute Gasteiger partial charge is 0.497 e. The minimum atomic E-state index is -0.816. The van der Waals surface area contributed by atoms with Crippen molar-refractivity contribution in [2.75, 3.05) is 20.2 Å². The first-order valence-corrected chi connectivity index (χ1v) is 10.3. The molecule has 2 heterocycles. The van der Waals surface area contributed by atoms with E-state index in [0.717, 1.165) is 55.1 Å². The molecule has 1 saturated heterocycles. The van der Waals surface area contributed by atoms with Gasteiger partial charge in [0.2, 0.25) is 0 Å². The van der Waals surface area contributed by atoms with Gasteiger partial charge in [0, 0.05) is 18.0 Å². The Labute approximate surface area is 176 Å². The molecule has 0 bridgehead atoms. The molecule has 1 atom stereocenters. The Balaban J connectivity index is 1.39. The van der Waals surface area contributed by atoms with E-state index in [9.17, 15) is 9.90 Å². The number of nitrogens with one attached hydrogen (secondary N) is 1. The van der Waals surface area contributed by atoms with Crippen molar-refractivity contribution >= 4 is 5.97 Å². The Morgan fingerprint density at radius 1 is 1.17 bits per heavy atom. The second-order valence-electron chi connectivity index (χ2n) is 7.80. The van der Waals surface area contributed by atoms with Crippen LogP contribution in [0.3, 0.4) is 0 Å². The van der Waals surface area contributed by atoms with E-state index < -0.39 is 12.0 Å². The summed E-state index contributed by atoms with van der Waals surface area (Å²) in [5.74, 6) is 0.266. The molecule has 3 aromatic rings. The second-order valence-corrected chi connectivity index (χ2v) is 7.80. The molecule has 0 amide bonds. The number of benzene rings is 2. The standard InChI is InChI=1S/C24H27N3O3/c1-30-21-9-7-19(8-10-21)23(24(28)29)27-13-11-18(12-14-27)22-16-20(25-26-22)15-17-5-3-2-4-6-17/h2-10,16,18,23H,11-15H2,1H3,(H,25,26)(H,28,29). The van der Waals surface area contributed by atoms with Crippen molar-refractivity contribution in [1.82, 2.24) is 15.1 Å². The molecule has 2 aromatic carbocycles. The number of carboxylic acids is 1. The fourth-order valence-corrected chi connectivity index (χ4v) is 4.24. The SMILES string of the molecule is COc1ccc(C(C(=O)O)N2CCC(c3cc(Cc4ccccc4)[nH]n3)CC2)cc1. The number of rotatable bonds is 7. The van der Waals surface area contributed by atoms with Gasteiger partial charge in [-0.05, 0) is 55.3 Å². The van der Waals surface area contributed by atoms with Gasteiger partial charge in [0.1, 0.15) is 11.8 Å². The molecule has 1 aliphatic heterocycles. The fraction of sp³-hybridized carbons (Fsp3) is 0.333. The number of methoxy groups -OCH3 is 1. The Hall–Kier alpha value is -3.12. The number of nitrogens with zero attached hydrogens (tertiary/aromatic N) is 2. The number of piperidine rings is 1. The van der Waals surface area contributed by atoms with Crippen molar-refractivity contribution in [1.29, 1.82) is 0 Å². The number of ether oxygens (including phenoxy) is 1. The minimum absolute atomic E-state index is 0.354. The van der Waals surface area contributed by atoms with Crippen molar-refractivity contribution < 1.29 is 14.6 Å². The highest BCUT2D eigenvalue weighted by Gasteiger charge is 2.32. The summed E-state index contributed by atoms with van der Waals surface area (Å²) < 4.78 is 5.19. The van der Waals surface area contributed by atoms with Crippen molar-refractivity contribution in [3.8, 4) is 5.75 Å². The maximum Gasteiger partial charge on any atom is 0.325 e. The number of aromatic nitrogens is 2. The summed E-state index contributed by atoms with van der Waals surface area (Å²) in [6.07, 6.45) is 2.64.